The Kier molecular flexibility index (Phi) is 6.80. The van der Waals surface area contributed by atoms with Crippen LogP contribution in [0.5, 0.6) is 11.5 Å². The van der Waals surface area contributed by atoms with E-state index in [0.29, 0.717) is 34.3 Å². The molecule has 0 aliphatic carbocycles. The first-order chi connectivity index (χ1) is 15.6. The first-order valence-corrected chi connectivity index (χ1v) is 11.1. The summed E-state index contributed by atoms with van der Waals surface area (Å²) in [5.41, 5.74) is 3.01. The Hall–Kier alpha value is -3.26. The van der Waals surface area contributed by atoms with Crippen molar-refractivity contribution in [3.05, 3.63) is 105 Å². The van der Waals surface area contributed by atoms with Crippen LogP contribution in [-0.2, 0) is 6.61 Å². The van der Waals surface area contributed by atoms with Gasteiger partial charge >= 0.3 is 0 Å². The molecule has 0 amide bonds. The number of hydrogen-bond donors (Lipinski definition) is 0. The predicted octanol–water partition coefficient (Wildman–Crippen LogP) is 7.91. The summed E-state index contributed by atoms with van der Waals surface area (Å²) >= 11 is 9.86. The van der Waals surface area contributed by atoms with Gasteiger partial charge in [-0.3, -0.25) is 0 Å². The molecule has 0 aliphatic rings. The molecule has 0 bridgehead atoms. The molecule has 5 heteroatoms. The summed E-state index contributed by atoms with van der Waals surface area (Å²) in [4.78, 5) is 0. The Labute approximate surface area is 200 Å². The number of nitriles is 1. The molecule has 0 unspecified atom stereocenters. The smallest absolute Gasteiger partial charge is 0.175 e. The SMILES string of the molecule is COc1cc(C=C(C#N)c2ccccc2Cl)cc(Br)c1OCc1ccc2ccccc2c1. The maximum atomic E-state index is 9.66. The molecule has 3 nitrogen and oxygen atoms in total. The molecule has 158 valence electrons. The highest BCUT2D eigenvalue weighted by Gasteiger charge is 2.13. The van der Waals surface area contributed by atoms with Crippen molar-refractivity contribution in [2.24, 2.45) is 0 Å². The van der Waals surface area contributed by atoms with Crippen LogP contribution >= 0.6 is 27.5 Å². The van der Waals surface area contributed by atoms with Crippen LogP contribution in [0.4, 0.5) is 0 Å². The Morgan fingerprint density at radius 3 is 2.50 bits per heavy atom. The second kappa shape index (κ2) is 9.91. The topological polar surface area (TPSA) is 42.2 Å². The Bertz CT molecular complexity index is 1360. The van der Waals surface area contributed by atoms with Crippen LogP contribution in [0, 0.1) is 11.3 Å². The van der Waals surface area contributed by atoms with Gasteiger partial charge in [-0.15, -0.1) is 0 Å². The van der Waals surface area contributed by atoms with E-state index in [1.54, 1.807) is 19.3 Å². The predicted molar refractivity (Wildman–Crippen MR) is 134 cm³/mol. The van der Waals surface area contributed by atoms with E-state index in [1.807, 2.05) is 42.5 Å². The number of allylic oxidation sites excluding steroid dienone is 1. The van der Waals surface area contributed by atoms with Crippen LogP contribution in [0.2, 0.25) is 5.02 Å². The largest absolute Gasteiger partial charge is 0.493 e. The van der Waals surface area contributed by atoms with Crippen molar-refractivity contribution in [2.45, 2.75) is 6.61 Å². The normalized spacial score (nSPS) is 11.2. The summed E-state index contributed by atoms with van der Waals surface area (Å²) in [5.74, 6) is 1.18. The molecule has 4 aromatic carbocycles. The zero-order valence-corrected chi connectivity index (χ0v) is 19.7. The third-order valence-corrected chi connectivity index (χ3v) is 5.96. The maximum Gasteiger partial charge on any atom is 0.175 e. The molecule has 0 spiro atoms. The number of nitrogens with zero attached hydrogens (tertiary/aromatic N) is 1. The lowest BCUT2D eigenvalue weighted by Crippen LogP contribution is -1.99. The minimum atomic E-state index is 0.401. The van der Waals surface area contributed by atoms with Crippen molar-refractivity contribution in [1.29, 1.82) is 5.26 Å². The zero-order valence-electron chi connectivity index (χ0n) is 17.3. The first kappa shape index (κ1) is 22.0. The average Bonchev–Trinajstić information content (AvgIpc) is 2.82. The Morgan fingerprint density at radius 2 is 1.75 bits per heavy atom. The lowest BCUT2D eigenvalue weighted by atomic mass is 10.0. The molecular formula is C27H19BrClNO2. The van der Waals surface area contributed by atoms with Crippen molar-refractivity contribution in [2.75, 3.05) is 7.11 Å². The highest BCUT2D eigenvalue weighted by Crippen LogP contribution is 2.38. The van der Waals surface area contributed by atoms with Gasteiger partial charge in [-0.25, -0.2) is 0 Å². The van der Waals surface area contributed by atoms with Crippen LogP contribution in [0.3, 0.4) is 0 Å². The van der Waals surface area contributed by atoms with Crippen molar-refractivity contribution >= 4 is 50.0 Å². The lowest BCUT2D eigenvalue weighted by Gasteiger charge is -2.14. The minimum absolute atomic E-state index is 0.401. The van der Waals surface area contributed by atoms with Gasteiger partial charge in [-0.05, 0) is 68.2 Å². The van der Waals surface area contributed by atoms with E-state index < -0.39 is 0 Å². The minimum Gasteiger partial charge on any atom is -0.493 e. The molecule has 4 rings (SSSR count). The number of methoxy groups -OCH3 is 1. The summed E-state index contributed by atoms with van der Waals surface area (Å²) in [6.45, 7) is 0.401. The molecule has 32 heavy (non-hydrogen) atoms. The number of benzene rings is 4. The quantitative estimate of drug-likeness (QED) is 0.198. The molecule has 0 heterocycles. The fourth-order valence-electron chi connectivity index (χ4n) is 3.46. The molecule has 0 atom stereocenters. The molecule has 0 aromatic heterocycles. The third-order valence-electron chi connectivity index (χ3n) is 5.04. The second-order valence-electron chi connectivity index (χ2n) is 7.15. The van der Waals surface area contributed by atoms with E-state index in [-0.39, 0.29) is 0 Å². The molecular weight excluding hydrogens is 486 g/mol. The van der Waals surface area contributed by atoms with E-state index >= 15 is 0 Å². The van der Waals surface area contributed by atoms with Gasteiger partial charge in [-0.2, -0.15) is 5.26 Å². The summed E-state index contributed by atoms with van der Waals surface area (Å²) < 4.78 is 12.4. The molecule has 0 saturated carbocycles. The van der Waals surface area contributed by atoms with E-state index in [9.17, 15) is 5.26 Å². The van der Waals surface area contributed by atoms with Gasteiger partial charge in [0.25, 0.3) is 0 Å². The van der Waals surface area contributed by atoms with Gasteiger partial charge in [0.05, 0.1) is 23.2 Å². The monoisotopic (exact) mass is 503 g/mol. The molecule has 0 radical (unpaired) electrons. The number of fused-ring (bicyclic) bond motifs is 1. The number of ether oxygens (including phenoxy) is 2. The molecule has 4 aromatic rings. The van der Waals surface area contributed by atoms with Gasteiger partial charge in [0.1, 0.15) is 6.61 Å². The van der Waals surface area contributed by atoms with Crippen molar-refractivity contribution in [1.82, 2.24) is 0 Å². The van der Waals surface area contributed by atoms with Gasteiger partial charge in [0.15, 0.2) is 11.5 Å². The lowest BCUT2D eigenvalue weighted by molar-refractivity contribution is 0.282. The molecule has 0 N–H and O–H groups in total. The molecule has 0 saturated heterocycles. The standard InChI is InChI=1S/C27H19BrClNO2/c1-31-26-15-19(13-22(16-30)23-8-4-5-9-25(23)29)14-24(28)27(26)32-17-18-10-11-20-6-2-3-7-21(20)12-18/h2-15H,17H2,1H3. The van der Waals surface area contributed by atoms with E-state index in [4.69, 9.17) is 21.1 Å². The van der Waals surface area contributed by atoms with Gasteiger partial charge in [0.2, 0.25) is 0 Å². The van der Waals surface area contributed by atoms with Gasteiger partial charge in [0, 0.05) is 10.6 Å². The number of hydrogen-bond acceptors (Lipinski definition) is 3. The Morgan fingerprint density at radius 1 is 1.00 bits per heavy atom. The summed E-state index contributed by atoms with van der Waals surface area (Å²) in [6.07, 6.45) is 1.78. The highest BCUT2D eigenvalue weighted by atomic mass is 79.9. The summed E-state index contributed by atoms with van der Waals surface area (Å²) in [5, 5.41) is 12.5. The van der Waals surface area contributed by atoms with Crippen LogP contribution in [-0.4, -0.2) is 7.11 Å². The summed E-state index contributed by atoms with van der Waals surface area (Å²) in [6, 6.07) is 27.7. The maximum absolute atomic E-state index is 9.66. The summed E-state index contributed by atoms with van der Waals surface area (Å²) in [7, 11) is 1.59. The Balaban J connectivity index is 1.61. The van der Waals surface area contributed by atoms with E-state index in [2.05, 4.69) is 52.3 Å². The average molecular weight is 505 g/mol. The second-order valence-corrected chi connectivity index (χ2v) is 8.42. The van der Waals surface area contributed by atoms with Crippen molar-refractivity contribution in [3.8, 4) is 17.6 Å². The van der Waals surface area contributed by atoms with Crippen LogP contribution < -0.4 is 9.47 Å². The van der Waals surface area contributed by atoms with Crippen LogP contribution in [0.1, 0.15) is 16.7 Å². The van der Waals surface area contributed by atoms with Gasteiger partial charge < -0.3 is 9.47 Å². The number of rotatable bonds is 6. The fraction of sp³-hybridized carbons (Fsp3) is 0.0741. The van der Waals surface area contributed by atoms with Crippen LogP contribution in [0.15, 0.2) is 83.3 Å². The molecule has 0 fully saturated rings. The van der Waals surface area contributed by atoms with E-state index in [0.717, 1.165) is 15.6 Å². The first-order valence-electron chi connectivity index (χ1n) is 9.94. The highest BCUT2D eigenvalue weighted by molar-refractivity contribution is 9.10. The molecule has 0 aliphatic heterocycles. The van der Waals surface area contributed by atoms with Gasteiger partial charge in [-0.1, -0.05) is 66.2 Å². The van der Waals surface area contributed by atoms with Crippen molar-refractivity contribution < 1.29 is 9.47 Å². The fourth-order valence-corrected chi connectivity index (χ4v) is 4.28. The third kappa shape index (κ3) is 4.80. The van der Waals surface area contributed by atoms with Crippen LogP contribution in [0.25, 0.3) is 22.4 Å². The van der Waals surface area contributed by atoms with E-state index in [1.165, 1.54) is 10.8 Å². The van der Waals surface area contributed by atoms with Crippen molar-refractivity contribution in [3.63, 3.8) is 0 Å². The zero-order chi connectivity index (χ0) is 22.5. The number of halogens is 2.